The molecule has 0 aliphatic rings. The fourth-order valence-corrected chi connectivity index (χ4v) is 3.91. The molecular formula is C28H24F4N2. The predicted molar refractivity (Wildman–Crippen MR) is 125 cm³/mol. The molecule has 0 amide bonds. The van der Waals surface area contributed by atoms with E-state index in [2.05, 4.69) is 10.6 Å². The van der Waals surface area contributed by atoms with Crippen LogP contribution in [0.2, 0.25) is 0 Å². The highest BCUT2D eigenvalue weighted by Crippen LogP contribution is 2.24. The van der Waals surface area contributed by atoms with E-state index in [1.165, 1.54) is 48.5 Å². The Morgan fingerprint density at radius 1 is 0.382 bits per heavy atom. The van der Waals surface area contributed by atoms with Crippen LogP contribution >= 0.6 is 0 Å². The lowest BCUT2D eigenvalue weighted by molar-refractivity contribution is 0.534. The molecule has 0 aliphatic carbocycles. The van der Waals surface area contributed by atoms with E-state index in [-0.39, 0.29) is 35.4 Å². The summed E-state index contributed by atoms with van der Waals surface area (Å²) in [7, 11) is 0. The second-order valence-electron chi connectivity index (χ2n) is 7.98. The molecule has 4 aromatic rings. The van der Waals surface area contributed by atoms with E-state index >= 15 is 0 Å². The molecule has 34 heavy (non-hydrogen) atoms. The smallest absolute Gasteiger partial charge is 0.123 e. The SMILES string of the molecule is Fc1ccc(C(NCCNC(c2ccc(F)cc2)c2ccc(F)cc2)c2ccc(F)cc2)cc1. The number of halogens is 4. The topological polar surface area (TPSA) is 24.1 Å². The second kappa shape index (κ2) is 11.1. The fraction of sp³-hybridized carbons (Fsp3) is 0.143. The Bertz CT molecular complexity index is 987. The molecule has 0 spiro atoms. The van der Waals surface area contributed by atoms with Crippen molar-refractivity contribution in [1.29, 1.82) is 0 Å². The maximum absolute atomic E-state index is 13.4. The van der Waals surface area contributed by atoms with Gasteiger partial charge in [0.2, 0.25) is 0 Å². The maximum atomic E-state index is 13.4. The number of nitrogens with one attached hydrogen (secondary N) is 2. The van der Waals surface area contributed by atoms with Gasteiger partial charge < -0.3 is 10.6 Å². The Balaban J connectivity index is 1.48. The van der Waals surface area contributed by atoms with E-state index in [1.54, 1.807) is 48.5 Å². The zero-order valence-corrected chi connectivity index (χ0v) is 18.3. The Morgan fingerprint density at radius 3 is 0.794 bits per heavy atom. The van der Waals surface area contributed by atoms with Crippen LogP contribution in [0.5, 0.6) is 0 Å². The van der Waals surface area contributed by atoms with E-state index in [0.29, 0.717) is 13.1 Å². The van der Waals surface area contributed by atoms with E-state index < -0.39 is 0 Å². The van der Waals surface area contributed by atoms with Crippen LogP contribution in [0.1, 0.15) is 34.3 Å². The Hall–Kier alpha value is -3.48. The van der Waals surface area contributed by atoms with Crippen LogP contribution < -0.4 is 10.6 Å². The quantitative estimate of drug-likeness (QED) is 0.224. The van der Waals surface area contributed by atoms with E-state index in [4.69, 9.17) is 0 Å². The summed E-state index contributed by atoms with van der Waals surface area (Å²) in [6.07, 6.45) is 0. The molecule has 0 fully saturated rings. The summed E-state index contributed by atoms with van der Waals surface area (Å²) in [6.45, 7) is 1.05. The molecule has 4 aromatic carbocycles. The minimum Gasteiger partial charge on any atom is -0.305 e. The first-order valence-electron chi connectivity index (χ1n) is 11.0. The van der Waals surface area contributed by atoms with Crippen LogP contribution in [0.15, 0.2) is 97.1 Å². The van der Waals surface area contributed by atoms with E-state index in [1.807, 2.05) is 0 Å². The van der Waals surface area contributed by atoms with Gasteiger partial charge in [-0.05, 0) is 70.8 Å². The van der Waals surface area contributed by atoms with Crippen LogP contribution in [0, 0.1) is 23.3 Å². The third kappa shape index (κ3) is 6.10. The lowest BCUT2D eigenvalue weighted by Crippen LogP contribution is -2.33. The standard InChI is InChI=1S/C28H24F4N2/c29-23-9-1-19(2-10-23)27(20-3-11-24(30)12-4-20)33-17-18-34-28(21-5-13-25(31)14-6-21)22-7-15-26(32)16-8-22/h1-16,27-28,33-34H,17-18H2. The molecule has 2 N–H and O–H groups in total. The molecule has 0 radical (unpaired) electrons. The minimum absolute atomic E-state index is 0.266. The van der Waals surface area contributed by atoms with Crippen LogP contribution in [-0.4, -0.2) is 13.1 Å². The van der Waals surface area contributed by atoms with Gasteiger partial charge in [0, 0.05) is 13.1 Å². The van der Waals surface area contributed by atoms with Gasteiger partial charge in [0.15, 0.2) is 0 Å². The molecule has 174 valence electrons. The molecule has 0 bridgehead atoms. The van der Waals surface area contributed by atoms with Gasteiger partial charge in [-0.2, -0.15) is 0 Å². The first-order valence-corrected chi connectivity index (χ1v) is 11.0. The van der Waals surface area contributed by atoms with Crippen molar-refractivity contribution in [2.75, 3.05) is 13.1 Å². The van der Waals surface area contributed by atoms with Crippen LogP contribution in [-0.2, 0) is 0 Å². The second-order valence-corrected chi connectivity index (χ2v) is 7.98. The third-order valence-corrected chi connectivity index (χ3v) is 5.64. The summed E-state index contributed by atoms with van der Waals surface area (Å²) in [5.74, 6) is -1.32. The van der Waals surface area contributed by atoms with Crippen LogP contribution in [0.25, 0.3) is 0 Å². The third-order valence-electron chi connectivity index (χ3n) is 5.64. The molecular weight excluding hydrogens is 440 g/mol. The highest BCUT2D eigenvalue weighted by atomic mass is 19.1. The lowest BCUT2D eigenvalue weighted by atomic mass is 9.98. The van der Waals surface area contributed by atoms with Gasteiger partial charge in [0.25, 0.3) is 0 Å². The van der Waals surface area contributed by atoms with Crippen LogP contribution in [0.4, 0.5) is 17.6 Å². The number of hydrogen-bond donors (Lipinski definition) is 2. The lowest BCUT2D eigenvalue weighted by Gasteiger charge is -2.23. The van der Waals surface area contributed by atoms with E-state index in [9.17, 15) is 17.6 Å². The summed E-state index contributed by atoms with van der Waals surface area (Å²) in [5.41, 5.74) is 3.39. The molecule has 2 nitrogen and oxygen atoms in total. The summed E-state index contributed by atoms with van der Waals surface area (Å²) in [4.78, 5) is 0. The average molecular weight is 465 g/mol. The average Bonchev–Trinajstić information content (AvgIpc) is 2.85. The normalized spacial score (nSPS) is 11.4. The molecule has 0 saturated heterocycles. The van der Waals surface area contributed by atoms with Crippen molar-refractivity contribution in [2.24, 2.45) is 0 Å². The summed E-state index contributed by atoms with van der Waals surface area (Å²) in [6, 6.07) is 24.2. The van der Waals surface area contributed by atoms with Crippen molar-refractivity contribution in [3.8, 4) is 0 Å². The molecule has 0 aliphatic heterocycles. The molecule has 0 heterocycles. The van der Waals surface area contributed by atoms with Gasteiger partial charge in [-0.15, -0.1) is 0 Å². The molecule has 0 aromatic heterocycles. The first kappa shape index (κ1) is 23.7. The van der Waals surface area contributed by atoms with E-state index in [0.717, 1.165) is 22.3 Å². The zero-order chi connectivity index (χ0) is 23.9. The molecule has 0 unspecified atom stereocenters. The summed E-state index contributed by atoms with van der Waals surface area (Å²) < 4.78 is 53.8. The van der Waals surface area contributed by atoms with Crippen molar-refractivity contribution in [1.82, 2.24) is 10.6 Å². The number of benzene rings is 4. The molecule has 6 heteroatoms. The van der Waals surface area contributed by atoms with Crippen molar-refractivity contribution >= 4 is 0 Å². The predicted octanol–water partition coefficient (Wildman–Crippen LogP) is 6.30. The van der Waals surface area contributed by atoms with Gasteiger partial charge in [-0.3, -0.25) is 0 Å². The Kier molecular flexibility index (Phi) is 7.72. The van der Waals surface area contributed by atoms with Gasteiger partial charge in [0.1, 0.15) is 23.3 Å². The van der Waals surface area contributed by atoms with Crippen molar-refractivity contribution in [3.05, 3.63) is 143 Å². The van der Waals surface area contributed by atoms with Crippen LogP contribution in [0.3, 0.4) is 0 Å². The minimum atomic E-state index is -0.329. The van der Waals surface area contributed by atoms with Crippen molar-refractivity contribution < 1.29 is 17.6 Å². The number of rotatable bonds is 9. The highest BCUT2D eigenvalue weighted by molar-refractivity contribution is 5.33. The summed E-state index contributed by atoms with van der Waals surface area (Å²) in [5, 5.41) is 6.88. The van der Waals surface area contributed by atoms with Gasteiger partial charge >= 0.3 is 0 Å². The maximum Gasteiger partial charge on any atom is 0.123 e. The molecule has 0 atom stereocenters. The van der Waals surface area contributed by atoms with Gasteiger partial charge in [-0.25, -0.2) is 17.6 Å². The number of hydrogen-bond acceptors (Lipinski definition) is 2. The van der Waals surface area contributed by atoms with Gasteiger partial charge in [-0.1, -0.05) is 48.5 Å². The summed E-state index contributed by atoms with van der Waals surface area (Å²) >= 11 is 0. The van der Waals surface area contributed by atoms with Crippen molar-refractivity contribution in [3.63, 3.8) is 0 Å². The molecule has 0 saturated carbocycles. The first-order chi connectivity index (χ1) is 16.5. The Morgan fingerprint density at radius 2 is 0.588 bits per heavy atom. The zero-order valence-electron chi connectivity index (χ0n) is 18.3. The monoisotopic (exact) mass is 464 g/mol. The molecule has 4 rings (SSSR count). The fourth-order valence-electron chi connectivity index (χ4n) is 3.91. The Labute approximate surface area is 196 Å². The van der Waals surface area contributed by atoms with Gasteiger partial charge in [0.05, 0.1) is 12.1 Å². The highest BCUT2D eigenvalue weighted by Gasteiger charge is 2.16. The van der Waals surface area contributed by atoms with Crippen molar-refractivity contribution in [2.45, 2.75) is 12.1 Å². The largest absolute Gasteiger partial charge is 0.305 e.